The smallest absolute Gasteiger partial charge is 0.306 e. The molecule has 0 aromatic heterocycles. The van der Waals surface area contributed by atoms with E-state index in [-0.39, 0.29) is 24.5 Å². The summed E-state index contributed by atoms with van der Waals surface area (Å²) in [6, 6.07) is 10.9. The average molecular weight is 645 g/mol. The van der Waals surface area contributed by atoms with E-state index in [0.29, 0.717) is 35.6 Å². The lowest BCUT2D eigenvalue weighted by Gasteiger charge is -2.43. The third-order valence-electron chi connectivity index (χ3n) is 9.14. The van der Waals surface area contributed by atoms with Crippen LogP contribution in [0.3, 0.4) is 0 Å². The molecule has 1 N–H and O–H groups in total. The van der Waals surface area contributed by atoms with Crippen LogP contribution in [0.5, 0.6) is 5.75 Å². The van der Waals surface area contributed by atoms with E-state index < -0.39 is 27.1 Å². The number of carbonyl (C=O) groups is 2. The van der Waals surface area contributed by atoms with Crippen molar-refractivity contribution in [2.24, 2.45) is 11.8 Å². The molecule has 11 heteroatoms. The molecule has 9 nitrogen and oxygen atoms in total. The number of esters is 1. The zero-order chi connectivity index (χ0) is 31.3. The Balaban J connectivity index is 1.54. The first-order valence-electron chi connectivity index (χ1n) is 15.3. The minimum Gasteiger partial charge on any atom is -0.487 e. The lowest BCUT2D eigenvalue weighted by molar-refractivity contribution is -0.140. The number of methoxy groups -OCH3 is 2. The van der Waals surface area contributed by atoms with Gasteiger partial charge < -0.3 is 19.1 Å². The highest BCUT2D eigenvalue weighted by Gasteiger charge is 2.38. The second-order valence-corrected chi connectivity index (χ2v) is 14.3. The SMILES string of the molecule is COC(=O)C[C@@H]1CC/C=C/[C@H](OC)[C@@H]2CC[C@H]2CN2CCCCc3cc(Cl)ccc3COc3ccc(cc32)C(=O)NS1(=O)=O. The molecule has 2 heterocycles. The Morgan fingerprint density at radius 3 is 2.68 bits per heavy atom. The third-order valence-corrected chi connectivity index (χ3v) is 11.1. The van der Waals surface area contributed by atoms with Crippen LogP contribution in [0.4, 0.5) is 5.69 Å². The van der Waals surface area contributed by atoms with Gasteiger partial charge in [-0.3, -0.25) is 9.59 Å². The summed E-state index contributed by atoms with van der Waals surface area (Å²) in [5.41, 5.74) is 3.17. The van der Waals surface area contributed by atoms with E-state index in [9.17, 15) is 18.0 Å². The molecule has 2 aliphatic heterocycles. The number of nitrogens with zero attached hydrogens (tertiary/aromatic N) is 1. The van der Waals surface area contributed by atoms with Gasteiger partial charge in [-0.1, -0.05) is 29.8 Å². The van der Waals surface area contributed by atoms with Crippen molar-refractivity contribution in [3.05, 3.63) is 70.3 Å². The molecular formula is C33H41ClN2O7S. The second kappa shape index (κ2) is 14.3. The zero-order valence-electron chi connectivity index (χ0n) is 25.3. The van der Waals surface area contributed by atoms with Gasteiger partial charge in [0.25, 0.3) is 5.91 Å². The first-order valence-corrected chi connectivity index (χ1v) is 17.2. The topological polar surface area (TPSA) is 111 Å². The van der Waals surface area contributed by atoms with E-state index in [2.05, 4.69) is 9.62 Å². The molecule has 2 bridgehead atoms. The van der Waals surface area contributed by atoms with Crippen LogP contribution in [-0.2, 0) is 37.3 Å². The van der Waals surface area contributed by atoms with Crippen molar-refractivity contribution < 1.29 is 32.2 Å². The van der Waals surface area contributed by atoms with Gasteiger partial charge in [0, 0.05) is 30.8 Å². The minimum atomic E-state index is -4.20. The van der Waals surface area contributed by atoms with Crippen LogP contribution in [0.15, 0.2) is 48.6 Å². The fourth-order valence-corrected chi connectivity index (χ4v) is 7.97. The number of fused-ring (bicyclic) bond motifs is 3. The number of benzene rings is 2. The van der Waals surface area contributed by atoms with Crippen LogP contribution in [0, 0.1) is 11.8 Å². The highest BCUT2D eigenvalue weighted by Crippen LogP contribution is 2.41. The van der Waals surface area contributed by atoms with E-state index >= 15 is 0 Å². The molecule has 0 saturated heterocycles. The van der Waals surface area contributed by atoms with E-state index in [1.165, 1.54) is 7.11 Å². The predicted molar refractivity (Wildman–Crippen MR) is 170 cm³/mol. The molecule has 3 aliphatic rings. The summed E-state index contributed by atoms with van der Waals surface area (Å²) in [6.07, 6.45) is 8.86. The van der Waals surface area contributed by atoms with E-state index in [4.69, 9.17) is 25.8 Å². The van der Waals surface area contributed by atoms with E-state index in [0.717, 1.165) is 62.0 Å². The van der Waals surface area contributed by atoms with Crippen LogP contribution < -0.4 is 14.4 Å². The normalized spacial score (nSPS) is 26.3. The summed E-state index contributed by atoms with van der Waals surface area (Å²) in [6.45, 7) is 1.84. The van der Waals surface area contributed by atoms with Gasteiger partial charge in [0.05, 0.1) is 30.6 Å². The number of carbonyl (C=O) groups excluding carboxylic acids is 2. The van der Waals surface area contributed by atoms with E-state index in [1.54, 1.807) is 25.3 Å². The maximum atomic E-state index is 13.4. The molecule has 2 aromatic rings. The van der Waals surface area contributed by atoms with Crippen LogP contribution in [0.2, 0.25) is 5.02 Å². The molecule has 44 heavy (non-hydrogen) atoms. The molecule has 0 radical (unpaired) electrons. The van der Waals surface area contributed by atoms with Gasteiger partial charge in [0.15, 0.2) is 0 Å². The standard InChI is InChI=1S/C33H41ClN2O7S/c1-41-30-9-4-3-8-27(19-32(37)42-2)44(39,40)35-33(38)23-12-15-31-29(18-23)36(20-24-11-14-28(24)30)16-6-5-7-22-17-26(34)13-10-25(22)21-43-31/h4,9-10,12-13,15,17-18,24,27-28,30H,3,5-8,11,14,16,19-21H2,1-2H3,(H,35,38)/b9-4+/t24-,27-,28+,30-/m0/s1. The molecule has 238 valence electrons. The molecule has 1 saturated carbocycles. The molecular weight excluding hydrogens is 604 g/mol. The zero-order valence-corrected chi connectivity index (χ0v) is 26.9. The number of sulfonamides is 1. The maximum Gasteiger partial charge on any atom is 0.306 e. The quantitative estimate of drug-likeness (QED) is 0.347. The number of halogens is 1. The van der Waals surface area contributed by atoms with E-state index in [1.807, 2.05) is 30.4 Å². The first kappa shape index (κ1) is 32.3. The Hall–Kier alpha value is -3.08. The van der Waals surface area contributed by atoms with Crippen molar-refractivity contribution in [3.63, 3.8) is 0 Å². The number of hydrogen-bond donors (Lipinski definition) is 1. The summed E-state index contributed by atoms with van der Waals surface area (Å²) in [5, 5.41) is -0.440. The van der Waals surface area contributed by atoms with Gasteiger partial charge in [0.2, 0.25) is 10.0 Å². The summed E-state index contributed by atoms with van der Waals surface area (Å²) in [7, 11) is -1.28. The van der Waals surface area contributed by atoms with Crippen molar-refractivity contribution in [3.8, 4) is 5.75 Å². The predicted octanol–water partition coefficient (Wildman–Crippen LogP) is 5.44. The molecule has 5 rings (SSSR count). The van der Waals surface area contributed by atoms with Crippen molar-refractivity contribution >= 4 is 39.2 Å². The molecule has 1 aliphatic carbocycles. The van der Waals surface area contributed by atoms with Gasteiger partial charge >= 0.3 is 5.97 Å². The summed E-state index contributed by atoms with van der Waals surface area (Å²) in [4.78, 5) is 27.8. The number of nitrogens with one attached hydrogen (secondary N) is 1. The Morgan fingerprint density at radius 2 is 1.93 bits per heavy atom. The van der Waals surface area contributed by atoms with Gasteiger partial charge in [-0.05, 0) is 98.2 Å². The largest absolute Gasteiger partial charge is 0.487 e. The van der Waals surface area contributed by atoms with Gasteiger partial charge in [-0.25, -0.2) is 13.1 Å². The van der Waals surface area contributed by atoms with Crippen LogP contribution >= 0.6 is 11.6 Å². The highest BCUT2D eigenvalue weighted by atomic mass is 35.5. The van der Waals surface area contributed by atoms with Crippen LogP contribution in [0.1, 0.15) is 66.4 Å². The molecule has 1 fully saturated rings. The van der Waals surface area contributed by atoms with Gasteiger partial charge in [-0.2, -0.15) is 0 Å². The number of rotatable bonds is 3. The number of aryl methyl sites for hydroxylation is 1. The summed E-state index contributed by atoms with van der Waals surface area (Å²) in [5.74, 6) is -0.106. The minimum absolute atomic E-state index is 0.109. The highest BCUT2D eigenvalue weighted by molar-refractivity contribution is 7.90. The summed E-state index contributed by atoms with van der Waals surface area (Å²) >= 11 is 6.31. The monoisotopic (exact) mass is 644 g/mol. The van der Waals surface area contributed by atoms with Gasteiger partial charge in [-0.15, -0.1) is 0 Å². The van der Waals surface area contributed by atoms with Crippen LogP contribution in [-0.4, -0.2) is 59.0 Å². The lowest BCUT2D eigenvalue weighted by Crippen LogP contribution is -2.44. The molecule has 4 atom stereocenters. The Kier molecular flexibility index (Phi) is 10.5. The third kappa shape index (κ3) is 7.58. The van der Waals surface area contributed by atoms with Crippen molar-refractivity contribution in [1.82, 2.24) is 4.72 Å². The number of amides is 1. The van der Waals surface area contributed by atoms with Crippen molar-refractivity contribution in [1.29, 1.82) is 0 Å². The molecule has 0 spiro atoms. The van der Waals surface area contributed by atoms with Gasteiger partial charge in [0.1, 0.15) is 12.4 Å². The molecule has 1 amide bonds. The molecule has 2 aromatic carbocycles. The Morgan fingerprint density at radius 1 is 1.09 bits per heavy atom. The van der Waals surface area contributed by atoms with Crippen molar-refractivity contribution in [2.75, 3.05) is 32.2 Å². The number of allylic oxidation sites excluding steroid dienone is 1. The van der Waals surface area contributed by atoms with Crippen molar-refractivity contribution in [2.45, 2.75) is 69.3 Å². The average Bonchev–Trinajstić information content (AvgIpc) is 3.02. The number of ether oxygens (including phenoxy) is 3. The van der Waals surface area contributed by atoms with Crippen LogP contribution in [0.25, 0.3) is 0 Å². The first-order chi connectivity index (χ1) is 21.2. The Bertz CT molecular complexity index is 1490. The fraction of sp³-hybridized carbons (Fsp3) is 0.515. The number of hydrogen-bond acceptors (Lipinski definition) is 8. The number of anilines is 1. The summed E-state index contributed by atoms with van der Waals surface area (Å²) < 4.78 is 46.1. The second-order valence-electron chi connectivity index (χ2n) is 11.9. The maximum absolute atomic E-state index is 13.4. The lowest BCUT2D eigenvalue weighted by atomic mass is 9.70. The Labute approximate surface area is 264 Å². The fourth-order valence-electron chi connectivity index (χ4n) is 6.43. The molecule has 0 unspecified atom stereocenters.